The van der Waals surface area contributed by atoms with E-state index in [1.54, 1.807) is 13.2 Å². The largest absolute Gasteiger partial charge is 0.481 e. The number of H-pyrrole nitrogens is 1. The molecule has 1 aliphatic rings. The number of fused-ring (bicyclic) bond motifs is 2. The molecule has 2 heterocycles. The Bertz CT molecular complexity index is 1130. The average molecular weight is 481 g/mol. The number of nitrogens with one attached hydrogen (secondary N) is 2. The van der Waals surface area contributed by atoms with E-state index in [2.05, 4.69) is 10.3 Å². The van der Waals surface area contributed by atoms with E-state index in [9.17, 15) is 14.7 Å². The number of rotatable bonds is 8. The quantitative estimate of drug-likeness (QED) is 0.418. The van der Waals surface area contributed by atoms with Crippen LogP contribution in [0.3, 0.4) is 0 Å². The van der Waals surface area contributed by atoms with Gasteiger partial charge in [0.25, 0.3) is 5.91 Å². The number of carbonyl (C=O) groups is 2. The summed E-state index contributed by atoms with van der Waals surface area (Å²) in [6, 6.07) is 9.51. The topological polar surface area (TPSA) is 91.4 Å². The number of benzene rings is 1. The summed E-state index contributed by atoms with van der Waals surface area (Å²) in [5.74, 6) is -1.38. The first-order valence-corrected chi connectivity index (χ1v) is 11.5. The third-order valence-corrected chi connectivity index (χ3v) is 7.79. The Morgan fingerprint density at radius 2 is 2.13 bits per heavy atom. The Kier molecular flexibility index (Phi) is 6.57. The van der Waals surface area contributed by atoms with Crippen LogP contribution in [0.2, 0.25) is 9.36 Å². The Morgan fingerprint density at radius 3 is 2.84 bits per heavy atom. The molecule has 164 valence electrons. The van der Waals surface area contributed by atoms with Crippen molar-refractivity contribution in [3.05, 3.63) is 56.5 Å². The van der Waals surface area contributed by atoms with Crippen LogP contribution in [0.25, 0.3) is 10.2 Å². The molecule has 2 aromatic heterocycles. The molecular weight excluding hydrogens is 459 g/mol. The molecule has 31 heavy (non-hydrogen) atoms. The minimum Gasteiger partial charge on any atom is -0.481 e. The molecule has 0 saturated heterocycles. The summed E-state index contributed by atoms with van der Waals surface area (Å²) in [6.45, 7) is 0.462. The van der Waals surface area contributed by atoms with Gasteiger partial charge in [-0.1, -0.05) is 47.5 Å². The van der Waals surface area contributed by atoms with Crippen LogP contribution in [0.4, 0.5) is 0 Å². The van der Waals surface area contributed by atoms with Gasteiger partial charge in [-0.3, -0.25) is 9.59 Å². The summed E-state index contributed by atoms with van der Waals surface area (Å²) in [7, 11) is 1.61. The zero-order valence-electron chi connectivity index (χ0n) is 16.8. The molecule has 3 aromatic rings. The molecular formula is C22H22Cl2N2O4S. The molecule has 0 fully saturated rings. The van der Waals surface area contributed by atoms with Crippen molar-refractivity contribution in [2.75, 3.05) is 13.7 Å². The predicted octanol–water partition coefficient (Wildman–Crippen LogP) is 5.10. The van der Waals surface area contributed by atoms with Crippen LogP contribution >= 0.6 is 34.5 Å². The van der Waals surface area contributed by atoms with Gasteiger partial charge in [-0.05, 0) is 36.0 Å². The van der Waals surface area contributed by atoms with Gasteiger partial charge in [0.15, 0.2) is 0 Å². The van der Waals surface area contributed by atoms with E-state index >= 15 is 0 Å². The maximum absolute atomic E-state index is 13.1. The normalized spacial score (nSPS) is 18.8. The van der Waals surface area contributed by atoms with Crippen molar-refractivity contribution in [3.8, 4) is 0 Å². The van der Waals surface area contributed by atoms with Gasteiger partial charge < -0.3 is 20.1 Å². The number of aromatic nitrogens is 1. The van der Waals surface area contributed by atoms with Crippen LogP contribution in [0.5, 0.6) is 0 Å². The second-order valence-corrected chi connectivity index (χ2v) is 9.79. The maximum Gasteiger partial charge on any atom is 0.303 e. The summed E-state index contributed by atoms with van der Waals surface area (Å²) < 4.78 is 6.52. The van der Waals surface area contributed by atoms with Crippen LogP contribution in [-0.4, -0.2) is 41.7 Å². The van der Waals surface area contributed by atoms with E-state index in [0.717, 1.165) is 15.8 Å². The first-order valence-electron chi connectivity index (χ1n) is 9.95. The van der Waals surface area contributed by atoms with Crippen molar-refractivity contribution in [1.82, 2.24) is 10.3 Å². The third kappa shape index (κ3) is 4.46. The Hall–Kier alpha value is -2.06. The second kappa shape index (κ2) is 9.20. The molecule has 3 N–H and O–H groups in total. The van der Waals surface area contributed by atoms with Crippen LogP contribution in [0, 0.1) is 5.92 Å². The number of aliphatic carboxylic acids is 1. The lowest BCUT2D eigenvalue weighted by Gasteiger charge is -2.29. The maximum atomic E-state index is 13.1. The molecule has 4 rings (SSSR count). The third-order valence-electron chi connectivity index (χ3n) is 5.86. The molecule has 1 aromatic carbocycles. The van der Waals surface area contributed by atoms with Gasteiger partial charge in [0.2, 0.25) is 0 Å². The number of thiophene rings is 1. The molecule has 1 aliphatic carbocycles. The average Bonchev–Trinajstić information content (AvgIpc) is 3.38. The zero-order chi connectivity index (χ0) is 22.1. The van der Waals surface area contributed by atoms with Gasteiger partial charge >= 0.3 is 5.97 Å². The van der Waals surface area contributed by atoms with Crippen molar-refractivity contribution in [1.29, 1.82) is 0 Å². The zero-order valence-corrected chi connectivity index (χ0v) is 19.1. The number of hydrogen-bond donors (Lipinski definition) is 3. The number of carboxylic acid groups (broad SMARTS) is 1. The Balaban J connectivity index is 1.61. The highest BCUT2D eigenvalue weighted by Crippen LogP contribution is 2.42. The molecule has 0 aliphatic heterocycles. The highest BCUT2D eigenvalue weighted by molar-refractivity contribution is 7.23. The van der Waals surface area contributed by atoms with Gasteiger partial charge in [-0.25, -0.2) is 0 Å². The lowest BCUT2D eigenvalue weighted by molar-refractivity contribution is -0.138. The number of aromatic amines is 1. The first-order chi connectivity index (χ1) is 14.9. The summed E-state index contributed by atoms with van der Waals surface area (Å²) in [5, 5.41) is 13.0. The van der Waals surface area contributed by atoms with Crippen molar-refractivity contribution < 1.29 is 19.4 Å². The van der Waals surface area contributed by atoms with Crippen molar-refractivity contribution >= 4 is 56.6 Å². The van der Waals surface area contributed by atoms with Crippen LogP contribution < -0.4 is 5.32 Å². The second-order valence-electron chi connectivity index (χ2n) is 7.76. The molecule has 3 atom stereocenters. The van der Waals surface area contributed by atoms with E-state index in [-0.39, 0.29) is 30.2 Å². The van der Waals surface area contributed by atoms with E-state index in [4.69, 9.17) is 27.9 Å². The number of amides is 1. The first kappa shape index (κ1) is 22.1. The fourth-order valence-corrected chi connectivity index (χ4v) is 6.02. The van der Waals surface area contributed by atoms with Gasteiger partial charge in [-0.2, -0.15) is 0 Å². The summed E-state index contributed by atoms with van der Waals surface area (Å²) in [4.78, 5) is 27.7. The predicted molar refractivity (Wildman–Crippen MR) is 123 cm³/mol. The number of methoxy groups -OCH3 is 1. The lowest BCUT2D eigenvalue weighted by Crippen LogP contribution is -2.41. The molecule has 9 heteroatoms. The summed E-state index contributed by atoms with van der Waals surface area (Å²) >= 11 is 13.6. The number of halogens is 2. The minimum atomic E-state index is -0.855. The SMILES string of the molecule is COCC[C@H](CC(=O)O)[C@@H]1c2ccccc2C[C@H]1NC(=O)c1cc2sc(Cl)c(Cl)c2[nH]1. The number of ether oxygens (including phenoxy) is 1. The monoisotopic (exact) mass is 480 g/mol. The fourth-order valence-electron chi connectivity index (χ4n) is 4.54. The van der Waals surface area contributed by atoms with E-state index in [0.29, 0.717) is 40.0 Å². The minimum absolute atomic E-state index is 0.0150. The smallest absolute Gasteiger partial charge is 0.303 e. The lowest BCUT2D eigenvalue weighted by atomic mass is 9.80. The van der Waals surface area contributed by atoms with Crippen LogP contribution in [0.1, 0.15) is 40.4 Å². The van der Waals surface area contributed by atoms with Gasteiger partial charge in [-0.15, -0.1) is 11.3 Å². The van der Waals surface area contributed by atoms with E-state index < -0.39 is 5.97 Å². The summed E-state index contributed by atoms with van der Waals surface area (Å²) in [6.07, 6.45) is 1.26. The molecule has 0 spiro atoms. The van der Waals surface area contributed by atoms with E-state index in [1.807, 2.05) is 24.3 Å². The molecule has 6 nitrogen and oxygen atoms in total. The highest BCUT2D eigenvalue weighted by atomic mass is 35.5. The van der Waals surface area contributed by atoms with Crippen molar-refractivity contribution in [3.63, 3.8) is 0 Å². The Labute approximate surface area is 193 Å². The highest BCUT2D eigenvalue weighted by Gasteiger charge is 2.39. The molecule has 0 saturated carbocycles. The van der Waals surface area contributed by atoms with Crippen LogP contribution in [0.15, 0.2) is 30.3 Å². The number of carbonyl (C=O) groups excluding carboxylic acids is 1. The van der Waals surface area contributed by atoms with Gasteiger partial charge in [0.1, 0.15) is 10.0 Å². The van der Waals surface area contributed by atoms with Crippen molar-refractivity contribution in [2.45, 2.75) is 31.2 Å². The van der Waals surface area contributed by atoms with Gasteiger partial charge in [0, 0.05) is 32.1 Å². The summed E-state index contributed by atoms with van der Waals surface area (Å²) in [5.41, 5.74) is 3.28. The Morgan fingerprint density at radius 1 is 1.35 bits per heavy atom. The number of carboxylic acids is 1. The molecule has 0 unspecified atom stereocenters. The number of hydrogen-bond acceptors (Lipinski definition) is 4. The molecule has 0 bridgehead atoms. The fraction of sp³-hybridized carbons (Fsp3) is 0.364. The molecule has 0 radical (unpaired) electrons. The molecule has 1 amide bonds. The van der Waals surface area contributed by atoms with Crippen molar-refractivity contribution in [2.24, 2.45) is 5.92 Å². The van der Waals surface area contributed by atoms with Gasteiger partial charge in [0.05, 0.1) is 15.2 Å². The van der Waals surface area contributed by atoms with E-state index in [1.165, 1.54) is 11.3 Å². The van der Waals surface area contributed by atoms with Crippen LogP contribution in [-0.2, 0) is 16.0 Å². The standard InChI is InChI=1S/C22H22Cl2N2O4S/c1-30-7-6-12(9-17(27)28)18-13-5-3-2-4-11(13)8-14(18)26-22(29)15-10-16-20(25-15)19(23)21(24)31-16/h2-5,10,12,14,18,25H,6-9H2,1H3,(H,26,29)(H,27,28)/t12-,14-,18-/m1/s1.